The fourth-order valence-corrected chi connectivity index (χ4v) is 4.69. The maximum Gasteiger partial charge on any atom is 0.329 e. The third-order valence-corrected chi connectivity index (χ3v) is 6.85. The summed E-state index contributed by atoms with van der Waals surface area (Å²) < 4.78 is 7.39. The van der Waals surface area contributed by atoms with Gasteiger partial charge in [-0.3, -0.25) is 14.3 Å². The van der Waals surface area contributed by atoms with Crippen molar-refractivity contribution >= 4 is 0 Å². The molecule has 36 heavy (non-hydrogen) atoms. The maximum atomic E-state index is 12.3. The number of hydrogen-bond donors (Lipinski definition) is 1. The Bertz CT molecular complexity index is 890. The van der Waals surface area contributed by atoms with Gasteiger partial charge >= 0.3 is 5.69 Å². The Balaban J connectivity index is 1.47. The predicted molar refractivity (Wildman–Crippen MR) is 150 cm³/mol. The van der Waals surface area contributed by atoms with Crippen LogP contribution in [0.25, 0.3) is 0 Å². The van der Waals surface area contributed by atoms with E-state index in [1.54, 1.807) is 6.20 Å². The molecule has 0 spiro atoms. The molecule has 0 saturated heterocycles. The first kappa shape index (κ1) is 30.1. The van der Waals surface area contributed by atoms with Crippen LogP contribution < -0.4 is 11.2 Å². The Kier molecular flexibility index (Phi) is 16.7. The average Bonchev–Trinajstić information content (AvgIpc) is 2.89. The van der Waals surface area contributed by atoms with Gasteiger partial charge in [0.25, 0.3) is 5.56 Å². The molecule has 2 rings (SSSR count). The fourth-order valence-electron chi connectivity index (χ4n) is 4.69. The van der Waals surface area contributed by atoms with E-state index in [1.165, 1.54) is 107 Å². The molecule has 201 valence electrons. The van der Waals surface area contributed by atoms with Crippen LogP contribution in [0.2, 0.25) is 0 Å². The SMILES string of the molecule is CCCCCCCCCCCCCCCCCCOCC[C](c1ccccc1)n1ccc(=O)[nH]c1=O. The molecule has 0 amide bonds. The van der Waals surface area contributed by atoms with Gasteiger partial charge in [0.2, 0.25) is 0 Å². The summed E-state index contributed by atoms with van der Waals surface area (Å²) in [5, 5.41) is 0. The summed E-state index contributed by atoms with van der Waals surface area (Å²) in [4.78, 5) is 26.1. The first-order chi connectivity index (χ1) is 17.7. The van der Waals surface area contributed by atoms with E-state index in [0.717, 1.165) is 24.6 Å². The van der Waals surface area contributed by atoms with Gasteiger partial charge in [-0.1, -0.05) is 134 Å². The van der Waals surface area contributed by atoms with Crippen molar-refractivity contribution in [3.05, 3.63) is 75.0 Å². The quantitative estimate of drug-likeness (QED) is 0.170. The summed E-state index contributed by atoms with van der Waals surface area (Å²) in [7, 11) is 0. The number of rotatable bonds is 22. The number of aromatic nitrogens is 2. The molecule has 1 heterocycles. The molecular formula is C31H49N2O3. The van der Waals surface area contributed by atoms with Crippen molar-refractivity contribution < 1.29 is 4.74 Å². The molecule has 0 saturated carbocycles. The second-order valence-electron chi connectivity index (χ2n) is 9.96. The second kappa shape index (κ2) is 20.0. The fraction of sp³-hybridized carbons (Fsp3) is 0.645. The predicted octanol–water partition coefficient (Wildman–Crippen LogP) is 7.63. The molecule has 1 N–H and O–H groups in total. The van der Waals surface area contributed by atoms with Crippen molar-refractivity contribution in [3.63, 3.8) is 0 Å². The van der Waals surface area contributed by atoms with E-state index in [4.69, 9.17) is 4.74 Å². The van der Waals surface area contributed by atoms with Crippen LogP contribution in [0.3, 0.4) is 0 Å². The summed E-state index contributed by atoms with van der Waals surface area (Å²) in [6.07, 6.45) is 24.0. The van der Waals surface area contributed by atoms with Crippen LogP contribution in [-0.2, 0) is 4.74 Å². The molecule has 0 unspecified atom stereocenters. The van der Waals surface area contributed by atoms with Crippen molar-refractivity contribution in [2.75, 3.05) is 13.2 Å². The summed E-state index contributed by atoms with van der Waals surface area (Å²) in [6.45, 7) is 3.58. The molecule has 0 aliphatic carbocycles. The number of benzene rings is 1. The van der Waals surface area contributed by atoms with Crippen molar-refractivity contribution in [2.24, 2.45) is 0 Å². The summed E-state index contributed by atoms with van der Waals surface area (Å²) in [5.74, 6) is 0. The van der Waals surface area contributed by atoms with Crippen molar-refractivity contribution in [1.29, 1.82) is 0 Å². The number of H-pyrrole nitrogens is 1. The van der Waals surface area contributed by atoms with E-state index in [2.05, 4.69) is 11.9 Å². The number of aromatic amines is 1. The maximum absolute atomic E-state index is 12.3. The molecular weight excluding hydrogens is 448 g/mol. The lowest BCUT2D eigenvalue weighted by atomic mass is 10.0. The number of nitrogens with zero attached hydrogens (tertiary/aromatic N) is 1. The molecule has 2 aromatic rings. The number of unbranched alkanes of at least 4 members (excludes halogenated alkanes) is 15. The molecule has 0 aliphatic heterocycles. The van der Waals surface area contributed by atoms with Crippen molar-refractivity contribution in [3.8, 4) is 0 Å². The molecule has 0 fully saturated rings. The average molecular weight is 498 g/mol. The zero-order valence-electron chi connectivity index (χ0n) is 22.6. The van der Waals surface area contributed by atoms with Crippen LogP contribution in [0.1, 0.15) is 122 Å². The van der Waals surface area contributed by atoms with Crippen LogP contribution in [0.4, 0.5) is 0 Å². The van der Waals surface area contributed by atoms with E-state index in [1.807, 2.05) is 30.3 Å². The van der Waals surface area contributed by atoms with Gasteiger partial charge in [-0.25, -0.2) is 4.79 Å². The minimum absolute atomic E-state index is 0.386. The van der Waals surface area contributed by atoms with Gasteiger partial charge in [0.15, 0.2) is 0 Å². The Morgan fingerprint density at radius 1 is 0.694 bits per heavy atom. The van der Waals surface area contributed by atoms with E-state index in [9.17, 15) is 9.59 Å². The molecule has 1 aromatic heterocycles. The molecule has 1 radical (unpaired) electrons. The smallest absolute Gasteiger partial charge is 0.329 e. The van der Waals surface area contributed by atoms with Gasteiger partial charge < -0.3 is 4.74 Å². The highest BCUT2D eigenvalue weighted by atomic mass is 16.5. The summed E-state index contributed by atoms with van der Waals surface area (Å²) in [6, 6.07) is 12.0. The van der Waals surface area contributed by atoms with Crippen molar-refractivity contribution in [2.45, 2.75) is 116 Å². The lowest BCUT2D eigenvalue weighted by Crippen LogP contribution is -2.32. The van der Waals surface area contributed by atoms with E-state index in [-0.39, 0.29) is 5.56 Å². The van der Waals surface area contributed by atoms with Gasteiger partial charge in [-0.2, -0.15) is 0 Å². The van der Waals surface area contributed by atoms with Crippen LogP contribution in [0, 0.1) is 6.04 Å². The van der Waals surface area contributed by atoms with Crippen LogP contribution in [-0.4, -0.2) is 22.8 Å². The minimum atomic E-state index is -0.417. The van der Waals surface area contributed by atoms with Gasteiger partial charge in [-0.15, -0.1) is 0 Å². The first-order valence-corrected chi connectivity index (χ1v) is 14.5. The normalized spacial score (nSPS) is 11.4. The number of nitrogens with one attached hydrogen (secondary N) is 1. The summed E-state index contributed by atoms with van der Waals surface area (Å²) in [5.41, 5.74) is 0.153. The monoisotopic (exact) mass is 497 g/mol. The van der Waals surface area contributed by atoms with Crippen LogP contribution in [0.15, 0.2) is 52.2 Å². The van der Waals surface area contributed by atoms with E-state index >= 15 is 0 Å². The molecule has 5 heteroatoms. The Morgan fingerprint density at radius 3 is 1.75 bits per heavy atom. The van der Waals surface area contributed by atoms with Gasteiger partial charge in [-0.05, 0) is 12.0 Å². The van der Waals surface area contributed by atoms with Gasteiger partial charge in [0.05, 0.1) is 0 Å². The highest BCUT2D eigenvalue weighted by Crippen LogP contribution is 2.19. The second-order valence-corrected chi connectivity index (χ2v) is 9.96. The molecule has 1 aromatic carbocycles. The largest absolute Gasteiger partial charge is 0.381 e. The van der Waals surface area contributed by atoms with Gasteiger partial charge in [0, 0.05) is 31.9 Å². The van der Waals surface area contributed by atoms with E-state index in [0.29, 0.717) is 13.0 Å². The highest BCUT2D eigenvalue weighted by Gasteiger charge is 2.16. The molecule has 5 nitrogen and oxygen atoms in total. The molecule has 0 bridgehead atoms. The van der Waals surface area contributed by atoms with Crippen LogP contribution >= 0.6 is 0 Å². The Labute approximate surface area is 218 Å². The lowest BCUT2D eigenvalue weighted by molar-refractivity contribution is 0.129. The third-order valence-electron chi connectivity index (χ3n) is 6.85. The molecule has 0 atom stereocenters. The topological polar surface area (TPSA) is 64.1 Å². The van der Waals surface area contributed by atoms with E-state index < -0.39 is 5.69 Å². The summed E-state index contributed by atoms with van der Waals surface area (Å²) >= 11 is 0. The van der Waals surface area contributed by atoms with Gasteiger partial charge in [0.1, 0.15) is 6.04 Å². The zero-order chi connectivity index (χ0) is 25.7. The number of ether oxygens (including phenoxy) is 1. The van der Waals surface area contributed by atoms with Crippen molar-refractivity contribution in [1.82, 2.24) is 9.55 Å². The zero-order valence-corrected chi connectivity index (χ0v) is 22.6. The van der Waals surface area contributed by atoms with Crippen LogP contribution in [0.5, 0.6) is 0 Å². The molecule has 0 aliphatic rings. The Morgan fingerprint density at radius 2 is 1.22 bits per heavy atom. The minimum Gasteiger partial charge on any atom is -0.381 e. The lowest BCUT2D eigenvalue weighted by Gasteiger charge is -2.18. The third kappa shape index (κ3) is 13.2. The standard InChI is InChI=1S/C31H49N2O3/c1-2-3-4-5-6-7-8-9-10-11-12-13-14-15-16-20-26-36-27-24-29(28-21-18-17-19-22-28)33-25-23-30(34)32-31(33)35/h17-19,21-23,25H,2-16,20,24,26-27H2,1H3,(H,32,34,35). The first-order valence-electron chi connectivity index (χ1n) is 14.5. The highest BCUT2D eigenvalue weighted by molar-refractivity contribution is 5.30. The number of hydrogen-bond acceptors (Lipinski definition) is 3. The Hall–Kier alpha value is -2.14.